The first-order valence-corrected chi connectivity index (χ1v) is 6.37. The van der Waals surface area contributed by atoms with E-state index in [0.717, 1.165) is 12.8 Å². The Bertz CT molecular complexity index is 471. The number of piperidine rings is 1. The molecule has 1 aliphatic rings. The predicted octanol–water partition coefficient (Wildman–Crippen LogP) is 1.86. The van der Waals surface area contributed by atoms with Crippen molar-refractivity contribution in [2.45, 2.75) is 25.8 Å². The van der Waals surface area contributed by atoms with E-state index in [2.05, 4.69) is 11.2 Å². The molecule has 5 nitrogen and oxygen atoms in total. The number of carbonyl (C=O) groups is 1. The smallest absolute Gasteiger partial charge is 0.247 e. The standard InChI is InChI=1S/C12H15ClN4O/c1-9(17-8-11(13)7-15-17)12(18)16-4-2-10(6-14)3-5-16/h7-10H,2-5H2,1H3/t9-/m1/s1. The van der Waals surface area contributed by atoms with E-state index >= 15 is 0 Å². The highest BCUT2D eigenvalue weighted by Crippen LogP contribution is 2.20. The van der Waals surface area contributed by atoms with Gasteiger partial charge in [-0.2, -0.15) is 10.4 Å². The fourth-order valence-electron chi connectivity index (χ4n) is 2.13. The van der Waals surface area contributed by atoms with E-state index in [9.17, 15) is 4.79 Å². The first kappa shape index (κ1) is 12.9. The molecule has 0 spiro atoms. The van der Waals surface area contributed by atoms with E-state index in [0.29, 0.717) is 18.1 Å². The second-order valence-electron chi connectivity index (χ2n) is 4.54. The van der Waals surface area contributed by atoms with Crippen LogP contribution in [0.15, 0.2) is 12.4 Å². The fraction of sp³-hybridized carbons (Fsp3) is 0.583. The second kappa shape index (κ2) is 5.40. The van der Waals surface area contributed by atoms with Crippen molar-refractivity contribution in [3.63, 3.8) is 0 Å². The lowest BCUT2D eigenvalue weighted by molar-refractivity contribution is -0.135. The molecule has 0 aliphatic carbocycles. The molecule has 1 amide bonds. The Morgan fingerprint density at radius 2 is 2.28 bits per heavy atom. The lowest BCUT2D eigenvalue weighted by atomic mass is 9.98. The van der Waals surface area contributed by atoms with Crippen LogP contribution in [0.2, 0.25) is 5.02 Å². The molecule has 1 atom stereocenters. The highest BCUT2D eigenvalue weighted by atomic mass is 35.5. The van der Waals surface area contributed by atoms with Crippen LogP contribution in [0.3, 0.4) is 0 Å². The van der Waals surface area contributed by atoms with Crippen molar-refractivity contribution in [3.05, 3.63) is 17.4 Å². The lowest BCUT2D eigenvalue weighted by Gasteiger charge is -2.31. The van der Waals surface area contributed by atoms with Gasteiger partial charge in [0.05, 0.1) is 17.3 Å². The van der Waals surface area contributed by atoms with Crippen LogP contribution in [-0.4, -0.2) is 33.7 Å². The van der Waals surface area contributed by atoms with Gasteiger partial charge < -0.3 is 4.90 Å². The number of halogens is 1. The molecule has 96 valence electrons. The Hall–Kier alpha value is -1.54. The van der Waals surface area contributed by atoms with Crippen LogP contribution in [-0.2, 0) is 4.79 Å². The maximum Gasteiger partial charge on any atom is 0.247 e. The largest absolute Gasteiger partial charge is 0.341 e. The molecule has 18 heavy (non-hydrogen) atoms. The number of carbonyl (C=O) groups excluding carboxylic acids is 1. The van der Waals surface area contributed by atoms with E-state index in [1.54, 1.807) is 15.8 Å². The molecular formula is C12H15ClN4O. The molecule has 1 aromatic rings. The minimum absolute atomic E-state index is 0.0335. The molecule has 1 fully saturated rings. The third kappa shape index (κ3) is 2.65. The van der Waals surface area contributed by atoms with Crippen LogP contribution < -0.4 is 0 Å². The van der Waals surface area contributed by atoms with Crippen LogP contribution >= 0.6 is 11.6 Å². The maximum atomic E-state index is 12.2. The fourth-order valence-corrected chi connectivity index (χ4v) is 2.28. The summed E-state index contributed by atoms with van der Waals surface area (Å²) in [6.07, 6.45) is 4.68. The summed E-state index contributed by atoms with van der Waals surface area (Å²) in [5.74, 6) is 0.120. The third-order valence-electron chi connectivity index (χ3n) is 3.31. The summed E-state index contributed by atoms with van der Waals surface area (Å²) in [5, 5.41) is 13.4. The summed E-state index contributed by atoms with van der Waals surface area (Å²) < 4.78 is 1.57. The van der Waals surface area contributed by atoms with Gasteiger partial charge in [-0.3, -0.25) is 9.48 Å². The van der Waals surface area contributed by atoms with Crippen LogP contribution in [0, 0.1) is 17.2 Å². The molecule has 2 heterocycles. The lowest BCUT2D eigenvalue weighted by Crippen LogP contribution is -2.41. The van der Waals surface area contributed by atoms with E-state index in [1.165, 1.54) is 6.20 Å². The molecule has 1 saturated heterocycles. The summed E-state index contributed by atoms with van der Waals surface area (Å²) in [6, 6.07) is 1.90. The summed E-state index contributed by atoms with van der Waals surface area (Å²) in [5.41, 5.74) is 0. The van der Waals surface area contributed by atoms with Crippen molar-refractivity contribution in [1.82, 2.24) is 14.7 Å². The predicted molar refractivity (Wildman–Crippen MR) is 66.9 cm³/mol. The molecule has 0 radical (unpaired) electrons. The average Bonchev–Trinajstić information content (AvgIpc) is 2.84. The number of rotatable bonds is 2. The van der Waals surface area contributed by atoms with Gasteiger partial charge in [0.1, 0.15) is 6.04 Å². The molecule has 1 aromatic heterocycles. The average molecular weight is 267 g/mol. The SMILES string of the molecule is C[C@H](C(=O)N1CCC(C#N)CC1)n1cc(Cl)cn1. The highest BCUT2D eigenvalue weighted by molar-refractivity contribution is 6.30. The molecule has 0 saturated carbocycles. The van der Waals surface area contributed by atoms with Crippen molar-refractivity contribution in [1.29, 1.82) is 5.26 Å². The molecule has 0 aromatic carbocycles. The van der Waals surface area contributed by atoms with Gasteiger partial charge in [0.15, 0.2) is 0 Å². The number of nitriles is 1. The quantitative estimate of drug-likeness (QED) is 0.821. The van der Waals surface area contributed by atoms with Gasteiger partial charge in [-0.05, 0) is 19.8 Å². The minimum atomic E-state index is -0.351. The highest BCUT2D eigenvalue weighted by Gasteiger charge is 2.26. The van der Waals surface area contributed by atoms with Gasteiger partial charge in [-0.15, -0.1) is 0 Å². The number of aromatic nitrogens is 2. The maximum absolute atomic E-state index is 12.2. The molecule has 6 heteroatoms. The van der Waals surface area contributed by atoms with Gasteiger partial charge in [-0.1, -0.05) is 11.6 Å². The summed E-state index contributed by atoms with van der Waals surface area (Å²) in [4.78, 5) is 14.0. The molecule has 1 aliphatic heterocycles. The first-order valence-electron chi connectivity index (χ1n) is 6.00. The van der Waals surface area contributed by atoms with Gasteiger partial charge in [0.25, 0.3) is 0 Å². The van der Waals surface area contributed by atoms with E-state index in [4.69, 9.17) is 16.9 Å². The van der Waals surface area contributed by atoms with Gasteiger partial charge in [0.2, 0.25) is 5.91 Å². The molecule has 2 rings (SSSR count). The van der Waals surface area contributed by atoms with Gasteiger partial charge >= 0.3 is 0 Å². The Kier molecular flexibility index (Phi) is 3.87. The number of hydrogen-bond donors (Lipinski definition) is 0. The summed E-state index contributed by atoms with van der Waals surface area (Å²) in [6.45, 7) is 3.11. The monoisotopic (exact) mass is 266 g/mol. The number of amides is 1. The molecule has 0 unspecified atom stereocenters. The zero-order valence-electron chi connectivity index (χ0n) is 10.2. The second-order valence-corrected chi connectivity index (χ2v) is 4.98. The van der Waals surface area contributed by atoms with Crippen LogP contribution in [0.4, 0.5) is 0 Å². The molecule has 0 bridgehead atoms. The van der Waals surface area contributed by atoms with Gasteiger partial charge in [-0.25, -0.2) is 0 Å². The number of nitrogens with zero attached hydrogens (tertiary/aromatic N) is 4. The Morgan fingerprint density at radius 1 is 1.61 bits per heavy atom. The van der Waals surface area contributed by atoms with Crippen molar-refractivity contribution >= 4 is 17.5 Å². The Morgan fingerprint density at radius 3 is 2.78 bits per heavy atom. The van der Waals surface area contributed by atoms with E-state index < -0.39 is 0 Å². The van der Waals surface area contributed by atoms with Crippen LogP contribution in [0.1, 0.15) is 25.8 Å². The van der Waals surface area contributed by atoms with Crippen molar-refractivity contribution in [3.8, 4) is 6.07 Å². The van der Waals surface area contributed by atoms with Crippen LogP contribution in [0.5, 0.6) is 0 Å². The number of likely N-dealkylation sites (tertiary alicyclic amines) is 1. The number of hydrogen-bond acceptors (Lipinski definition) is 3. The third-order valence-corrected chi connectivity index (χ3v) is 3.51. The van der Waals surface area contributed by atoms with Crippen molar-refractivity contribution in [2.75, 3.05) is 13.1 Å². The van der Waals surface area contributed by atoms with Crippen molar-refractivity contribution < 1.29 is 4.79 Å². The summed E-state index contributed by atoms with van der Waals surface area (Å²) >= 11 is 5.79. The summed E-state index contributed by atoms with van der Waals surface area (Å²) in [7, 11) is 0. The zero-order valence-corrected chi connectivity index (χ0v) is 11.0. The van der Waals surface area contributed by atoms with Gasteiger partial charge in [0, 0.05) is 25.2 Å². The van der Waals surface area contributed by atoms with E-state index in [-0.39, 0.29) is 17.9 Å². The van der Waals surface area contributed by atoms with Crippen molar-refractivity contribution in [2.24, 2.45) is 5.92 Å². The first-order chi connectivity index (χ1) is 8.61. The zero-order chi connectivity index (χ0) is 13.1. The Balaban J connectivity index is 1.98. The Labute approximate surface area is 111 Å². The van der Waals surface area contributed by atoms with Crippen LogP contribution in [0.25, 0.3) is 0 Å². The molecular weight excluding hydrogens is 252 g/mol. The topological polar surface area (TPSA) is 61.9 Å². The van der Waals surface area contributed by atoms with E-state index in [1.807, 2.05) is 6.92 Å². The normalized spacial score (nSPS) is 18.4. The molecule has 0 N–H and O–H groups in total. The minimum Gasteiger partial charge on any atom is -0.341 e.